The molecule has 3 aromatic carbocycles. The van der Waals surface area contributed by atoms with Gasteiger partial charge in [0.15, 0.2) is 12.7 Å². The summed E-state index contributed by atoms with van der Waals surface area (Å²) in [6.07, 6.45) is -0.189. The van der Waals surface area contributed by atoms with Crippen molar-refractivity contribution in [2.45, 2.75) is 17.4 Å². The second kappa shape index (κ2) is 11.4. The number of benzene rings is 3. The Bertz CT molecular complexity index is 1340. The van der Waals surface area contributed by atoms with Crippen molar-refractivity contribution >= 4 is 27.5 Å². The summed E-state index contributed by atoms with van der Waals surface area (Å²) < 4.78 is 37.1. The molecule has 0 radical (unpaired) electrons. The number of hydrogen-bond donors (Lipinski definition) is 1. The van der Waals surface area contributed by atoms with Crippen LogP contribution in [0.4, 0.5) is 5.69 Å². The molecular weight excluding hydrogens is 494 g/mol. The van der Waals surface area contributed by atoms with E-state index in [4.69, 9.17) is 9.47 Å². The summed E-state index contributed by atoms with van der Waals surface area (Å²) in [6.45, 7) is 0.188. The maximum absolute atomic E-state index is 13.1. The van der Waals surface area contributed by atoms with Crippen molar-refractivity contribution in [1.82, 2.24) is 9.62 Å². The lowest BCUT2D eigenvalue weighted by Gasteiger charge is -2.34. The van der Waals surface area contributed by atoms with Crippen LogP contribution in [0.15, 0.2) is 83.8 Å². The van der Waals surface area contributed by atoms with Gasteiger partial charge in [0.2, 0.25) is 10.0 Å². The van der Waals surface area contributed by atoms with Gasteiger partial charge in [0, 0.05) is 20.6 Å². The van der Waals surface area contributed by atoms with Crippen LogP contribution in [0.25, 0.3) is 0 Å². The highest BCUT2D eigenvalue weighted by atomic mass is 32.2. The number of carbonyl (C=O) groups excluding carboxylic acids is 2. The van der Waals surface area contributed by atoms with Crippen molar-refractivity contribution in [3.05, 3.63) is 84.4 Å². The van der Waals surface area contributed by atoms with Crippen LogP contribution in [-0.2, 0) is 26.0 Å². The van der Waals surface area contributed by atoms with Crippen LogP contribution in [0, 0.1) is 0 Å². The second-order valence-electron chi connectivity index (χ2n) is 8.65. The zero-order valence-corrected chi connectivity index (χ0v) is 21.5. The lowest BCUT2D eigenvalue weighted by molar-refractivity contribution is -0.128. The van der Waals surface area contributed by atoms with E-state index in [-0.39, 0.29) is 29.9 Å². The second-order valence-corrected chi connectivity index (χ2v) is 10.8. The zero-order valence-electron chi connectivity index (χ0n) is 20.7. The highest BCUT2D eigenvalue weighted by Gasteiger charge is 2.33. The highest BCUT2D eigenvalue weighted by Crippen LogP contribution is 2.33. The van der Waals surface area contributed by atoms with Gasteiger partial charge in [0.05, 0.1) is 17.1 Å². The summed E-state index contributed by atoms with van der Waals surface area (Å²) in [5.74, 6) is 0.121. The van der Waals surface area contributed by atoms with E-state index >= 15 is 0 Å². The van der Waals surface area contributed by atoms with E-state index in [2.05, 4.69) is 5.32 Å². The first-order valence-corrected chi connectivity index (χ1v) is 13.2. The van der Waals surface area contributed by atoms with Crippen molar-refractivity contribution in [3.63, 3.8) is 0 Å². The van der Waals surface area contributed by atoms with Gasteiger partial charge in [-0.25, -0.2) is 12.7 Å². The molecule has 1 atom stereocenters. The zero-order chi connectivity index (χ0) is 26.4. The van der Waals surface area contributed by atoms with Gasteiger partial charge in [-0.1, -0.05) is 42.5 Å². The number of carbonyl (C=O) groups is 2. The quantitative estimate of drug-likeness (QED) is 0.462. The molecule has 2 amide bonds. The van der Waals surface area contributed by atoms with Crippen LogP contribution in [0.5, 0.6) is 11.5 Å². The first-order chi connectivity index (χ1) is 17.8. The van der Waals surface area contributed by atoms with E-state index in [0.29, 0.717) is 30.2 Å². The molecule has 9 nitrogen and oxygen atoms in total. The SMILES string of the molecule is CN(C)S(=O)(=O)c1ccc(OCC(=O)N2C[C@H](C(=O)NCCc3ccccc3)Oc3ccccc32)cc1. The van der Waals surface area contributed by atoms with E-state index in [1.807, 2.05) is 30.3 Å². The third-order valence-corrected chi connectivity index (χ3v) is 7.72. The molecule has 4 rings (SSSR count). The highest BCUT2D eigenvalue weighted by molar-refractivity contribution is 7.89. The number of ether oxygens (including phenoxy) is 2. The Morgan fingerprint density at radius 3 is 2.38 bits per heavy atom. The molecule has 0 unspecified atom stereocenters. The number of anilines is 1. The molecule has 1 aliphatic rings. The van der Waals surface area contributed by atoms with E-state index in [9.17, 15) is 18.0 Å². The topological polar surface area (TPSA) is 105 Å². The Labute approximate surface area is 216 Å². The van der Waals surface area contributed by atoms with Crippen LogP contribution < -0.4 is 19.7 Å². The summed E-state index contributed by atoms with van der Waals surface area (Å²) in [5.41, 5.74) is 1.66. The normalized spacial score (nSPS) is 15.0. The minimum absolute atomic E-state index is 0.0381. The van der Waals surface area contributed by atoms with Crippen molar-refractivity contribution in [1.29, 1.82) is 0 Å². The van der Waals surface area contributed by atoms with Gasteiger partial charge in [-0.15, -0.1) is 0 Å². The molecule has 1 heterocycles. The number of para-hydroxylation sites is 2. The first-order valence-electron chi connectivity index (χ1n) is 11.8. The molecule has 0 aliphatic carbocycles. The third-order valence-electron chi connectivity index (χ3n) is 5.89. The lowest BCUT2D eigenvalue weighted by atomic mass is 10.1. The molecule has 3 aromatic rings. The van der Waals surface area contributed by atoms with Gasteiger partial charge in [-0.3, -0.25) is 9.59 Å². The van der Waals surface area contributed by atoms with Crippen molar-refractivity contribution in [2.75, 3.05) is 38.7 Å². The molecule has 0 spiro atoms. The Balaban J connectivity index is 1.39. The van der Waals surface area contributed by atoms with Gasteiger partial charge in [0.25, 0.3) is 11.8 Å². The maximum atomic E-state index is 13.1. The third kappa shape index (κ3) is 6.28. The summed E-state index contributed by atoms with van der Waals surface area (Å²) in [5, 5.41) is 2.89. The molecule has 194 valence electrons. The predicted octanol–water partition coefficient (Wildman–Crippen LogP) is 2.47. The van der Waals surface area contributed by atoms with Crippen LogP contribution in [0.3, 0.4) is 0 Å². The summed E-state index contributed by atoms with van der Waals surface area (Å²) >= 11 is 0. The standard InChI is InChI=1S/C27H29N3O6S/c1-29(2)37(33,34)22-14-12-21(13-15-22)35-19-26(31)30-18-25(36-24-11-7-6-10-23(24)30)27(32)28-17-16-20-8-4-3-5-9-20/h3-15,25H,16-19H2,1-2H3,(H,28,32)/t25-/m1/s1. The van der Waals surface area contributed by atoms with Gasteiger partial charge in [0.1, 0.15) is 11.5 Å². The number of hydrogen-bond acceptors (Lipinski definition) is 6. The van der Waals surface area contributed by atoms with E-state index in [1.165, 1.54) is 43.3 Å². The number of fused-ring (bicyclic) bond motifs is 1. The van der Waals surface area contributed by atoms with Crippen LogP contribution >= 0.6 is 0 Å². The molecule has 0 aromatic heterocycles. The van der Waals surface area contributed by atoms with Crippen LogP contribution in [0.2, 0.25) is 0 Å². The summed E-state index contributed by atoms with van der Waals surface area (Å²) in [4.78, 5) is 27.6. The Kier molecular flexibility index (Phi) is 8.10. The fourth-order valence-electron chi connectivity index (χ4n) is 3.84. The number of rotatable bonds is 9. The van der Waals surface area contributed by atoms with Gasteiger partial charge < -0.3 is 19.7 Å². The lowest BCUT2D eigenvalue weighted by Crippen LogP contribution is -2.52. The average molecular weight is 524 g/mol. The Morgan fingerprint density at radius 1 is 1.00 bits per heavy atom. The first kappa shape index (κ1) is 26.2. The molecule has 0 fully saturated rings. The Hall–Kier alpha value is -3.89. The van der Waals surface area contributed by atoms with Crippen molar-refractivity contribution in [3.8, 4) is 11.5 Å². The van der Waals surface area contributed by atoms with Gasteiger partial charge in [-0.05, 0) is 48.4 Å². The molecule has 10 heteroatoms. The molecule has 0 bridgehead atoms. The predicted molar refractivity (Wildman–Crippen MR) is 139 cm³/mol. The van der Waals surface area contributed by atoms with Crippen LogP contribution in [0.1, 0.15) is 5.56 Å². The molecule has 1 aliphatic heterocycles. The monoisotopic (exact) mass is 523 g/mol. The molecular formula is C27H29N3O6S. The van der Waals surface area contributed by atoms with Gasteiger partial charge >= 0.3 is 0 Å². The maximum Gasteiger partial charge on any atom is 0.265 e. The molecule has 1 N–H and O–H groups in total. The molecule has 0 saturated heterocycles. The summed E-state index contributed by atoms with van der Waals surface area (Å²) in [7, 11) is -0.654. The average Bonchev–Trinajstić information content (AvgIpc) is 2.91. The largest absolute Gasteiger partial charge is 0.484 e. The number of amides is 2. The van der Waals surface area contributed by atoms with E-state index in [1.54, 1.807) is 24.3 Å². The van der Waals surface area contributed by atoms with E-state index < -0.39 is 16.1 Å². The minimum atomic E-state index is -3.56. The molecule has 37 heavy (non-hydrogen) atoms. The fraction of sp³-hybridized carbons (Fsp3) is 0.259. The Morgan fingerprint density at radius 2 is 1.68 bits per heavy atom. The minimum Gasteiger partial charge on any atom is -0.484 e. The number of nitrogens with one attached hydrogen (secondary N) is 1. The fourth-order valence-corrected chi connectivity index (χ4v) is 4.74. The van der Waals surface area contributed by atoms with Crippen molar-refractivity contribution in [2.24, 2.45) is 0 Å². The van der Waals surface area contributed by atoms with Gasteiger partial charge in [-0.2, -0.15) is 0 Å². The number of sulfonamides is 1. The van der Waals surface area contributed by atoms with Crippen LogP contribution in [-0.4, -0.2) is 64.4 Å². The smallest absolute Gasteiger partial charge is 0.265 e. The number of nitrogens with zero attached hydrogens (tertiary/aromatic N) is 2. The van der Waals surface area contributed by atoms with E-state index in [0.717, 1.165) is 9.87 Å². The van der Waals surface area contributed by atoms with Crippen molar-refractivity contribution < 1.29 is 27.5 Å². The molecule has 0 saturated carbocycles. The summed E-state index contributed by atoms with van der Waals surface area (Å²) in [6, 6.07) is 22.7.